The van der Waals surface area contributed by atoms with Gasteiger partial charge in [0.1, 0.15) is 17.5 Å². The number of anilines is 1. The van der Waals surface area contributed by atoms with Crippen LogP contribution in [0.15, 0.2) is 63.5 Å². The number of aliphatic hydroxyl groups is 1. The number of rotatable bonds is 5. The lowest BCUT2D eigenvalue weighted by atomic mass is 9.95. The van der Waals surface area contributed by atoms with Crippen LogP contribution >= 0.6 is 22.9 Å². The number of carbonyl (C=O) groups is 2. The van der Waals surface area contributed by atoms with Crippen molar-refractivity contribution in [3.05, 3.63) is 80.9 Å². The summed E-state index contributed by atoms with van der Waals surface area (Å²) in [5.74, 6) is -1.57. The smallest absolute Gasteiger partial charge is 0.378 e. The molecule has 2 N–H and O–H groups in total. The fourth-order valence-corrected chi connectivity index (χ4v) is 4.03. The number of aromatic amines is 1. The topological polar surface area (TPSA) is 114 Å². The van der Waals surface area contributed by atoms with Crippen LogP contribution in [0.1, 0.15) is 27.9 Å². The number of H-pyrrole nitrogens is 1. The summed E-state index contributed by atoms with van der Waals surface area (Å²) in [6.07, 6.45) is 1.34. The number of carbonyl (C=O) groups excluding carboxylic acids is 2. The molecule has 1 aliphatic rings. The van der Waals surface area contributed by atoms with Gasteiger partial charge in [0.05, 0.1) is 0 Å². The van der Waals surface area contributed by atoms with Crippen molar-refractivity contribution in [2.45, 2.75) is 13.0 Å². The first-order valence-corrected chi connectivity index (χ1v) is 9.58. The molecule has 1 aliphatic heterocycles. The molecule has 1 atom stereocenters. The van der Waals surface area contributed by atoms with E-state index in [4.69, 9.17) is 16.0 Å². The Kier molecular flexibility index (Phi) is 4.77. The molecule has 1 aromatic carbocycles. The largest absolute Gasteiger partial charge is 0.501 e. The summed E-state index contributed by atoms with van der Waals surface area (Å²) < 4.78 is 5.40. The Hall–Kier alpha value is -3.30. The molecule has 3 heterocycles. The molecule has 3 aromatic rings. The molecule has 1 unspecified atom stereocenters. The number of ketones is 1. The Morgan fingerprint density at radius 2 is 2.00 bits per heavy atom. The molecule has 0 radical (unpaired) electrons. The zero-order valence-electron chi connectivity index (χ0n) is 14.9. The molecule has 146 valence electrons. The normalized spacial score (nSPS) is 16.6. The quantitative estimate of drug-likeness (QED) is 0.478. The minimum absolute atomic E-state index is 0.00284. The number of hydrogen-bond acceptors (Lipinski definition) is 7. The van der Waals surface area contributed by atoms with Gasteiger partial charge in [-0.1, -0.05) is 23.7 Å². The molecule has 29 heavy (non-hydrogen) atoms. The third-order valence-corrected chi connectivity index (χ3v) is 5.59. The van der Waals surface area contributed by atoms with E-state index in [-0.39, 0.29) is 21.5 Å². The number of thiazole rings is 1. The summed E-state index contributed by atoms with van der Waals surface area (Å²) in [7, 11) is 0. The standard InChI is InChI=1S/C19H12ClN3O5S/c1-9-2-7-12(28-9)16(24)14-15(10-3-5-11(20)6-4-10)23(18(26)17(14)25)19-21-8-13(22-27)29-19/h2-8,15,25H,1H3/p+1. The fourth-order valence-electron chi connectivity index (χ4n) is 3.14. The average Bonchev–Trinajstić information content (AvgIpc) is 3.41. The molecule has 1 amide bonds. The van der Waals surface area contributed by atoms with Gasteiger partial charge in [0.15, 0.2) is 11.8 Å². The van der Waals surface area contributed by atoms with Crippen molar-refractivity contribution in [3.63, 3.8) is 0 Å². The number of Topliss-reactive ketones (excluding diaryl/α,β-unsaturated/α-hetero) is 1. The zero-order chi connectivity index (χ0) is 20.7. The molecule has 0 bridgehead atoms. The van der Waals surface area contributed by atoms with Crippen molar-refractivity contribution in [3.8, 4) is 0 Å². The lowest BCUT2D eigenvalue weighted by Gasteiger charge is -2.18. The van der Waals surface area contributed by atoms with Crippen LogP contribution in [0.2, 0.25) is 5.02 Å². The second kappa shape index (κ2) is 7.26. The Morgan fingerprint density at radius 3 is 2.59 bits per heavy atom. The molecule has 4 rings (SSSR count). The molecule has 0 spiro atoms. The van der Waals surface area contributed by atoms with Crippen LogP contribution in [-0.2, 0) is 4.79 Å². The van der Waals surface area contributed by atoms with Gasteiger partial charge in [0.25, 0.3) is 0 Å². The first-order chi connectivity index (χ1) is 13.9. The number of nitrogens with zero attached hydrogens (tertiary/aromatic N) is 2. The molecule has 2 aromatic heterocycles. The van der Waals surface area contributed by atoms with E-state index in [1.54, 1.807) is 37.3 Å². The van der Waals surface area contributed by atoms with Gasteiger partial charge in [-0.15, -0.1) is 4.91 Å². The minimum Gasteiger partial charge on any atom is -0.501 e. The van der Waals surface area contributed by atoms with E-state index < -0.39 is 23.5 Å². The van der Waals surface area contributed by atoms with Gasteiger partial charge >= 0.3 is 11.0 Å². The van der Waals surface area contributed by atoms with Crippen molar-refractivity contribution >= 4 is 44.8 Å². The molecular formula is C19H13ClN3O5S+. The first-order valence-electron chi connectivity index (χ1n) is 8.39. The highest BCUT2D eigenvalue weighted by molar-refractivity contribution is 7.18. The molecule has 0 saturated carbocycles. The van der Waals surface area contributed by atoms with E-state index in [1.807, 2.05) is 0 Å². The molecule has 0 aliphatic carbocycles. The molecule has 8 nitrogen and oxygen atoms in total. The lowest BCUT2D eigenvalue weighted by Crippen LogP contribution is -2.33. The monoisotopic (exact) mass is 430 g/mol. The first kappa shape index (κ1) is 19.0. The summed E-state index contributed by atoms with van der Waals surface area (Å²) >= 11 is 6.90. The van der Waals surface area contributed by atoms with E-state index in [1.165, 1.54) is 17.2 Å². The SMILES string of the molecule is Cc1ccc(C(=O)C2=C(O)C(=O)N(c3[nH+]cc(N=O)s3)C2c2ccc(Cl)cc2)o1. The molecular weight excluding hydrogens is 418 g/mol. The number of aliphatic hydroxyl groups excluding tert-OH is 1. The number of benzene rings is 1. The van der Waals surface area contributed by atoms with Crippen LogP contribution < -0.4 is 9.88 Å². The highest BCUT2D eigenvalue weighted by Gasteiger charge is 2.52. The second-order valence-electron chi connectivity index (χ2n) is 6.26. The summed E-state index contributed by atoms with van der Waals surface area (Å²) in [5.41, 5.74) is 0.412. The Labute approximate surface area is 173 Å². The summed E-state index contributed by atoms with van der Waals surface area (Å²) in [4.78, 5) is 40.8. The summed E-state index contributed by atoms with van der Waals surface area (Å²) in [5, 5.41) is 14.3. The van der Waals surface area contributed by atoms with E-state index in [0.29, 0.717) is 16.3 Å². The maximum atomic E-state index is 13.1. The Bertz CT molecular complexity index is 1160. The molecule has 10 heteroatoms. The highest BCUT2D eigenvalue weighted by Crippen LogP contribution is 2.43. The van der Waals surface area contributed by atoms with Crippen molar-refractivity contribution < 1.29 is 24.1 Å². The number of halogens is 1. The number of aromatic nitrogens is 1. The van der Waals surface area contributed by atoms with E-state index in [2.05, 4.69) is 10.2 Å². The predicted molar refractivity (Wildman–Crippen MR) is 105 cm³/mol. The van der Waals surface area contributed by atoms with Gasteiger partial charge in [-0.3, -0.25) is 4.79 Å². The number of amides is 1. The van der Waals surface area contributed by atoms with E-state index >= 15 is 0 Å². The maximum Gasteiger partial charge on any atom is 0.378 e. The minimum atomic E-state index is -0.952. The second-order valence-corrected chi connectivity index (χ2v) is 7.70. The van der Waals surface area contributed by atoms with Crippen LogP contribution in [0, 0.1) is 11.8 Å². The number of nitrogens with one attached hydrogen (secondary N) is 1. The number of furan rings is 1. The number of nitroso groups, excluding NO2 is 1. The van der Waals surface area contributed by atoms with Crippen LogP contribution in [-0.4, -0.2) is 16.8 Å². The van der Waals surface area contributed by atoms with E-state index in [9.17, 15) is 19.6 Å². The van der Waals surface area contributed by atoms with Gasteiger partial charge in [-0.2, -0.15) is 4.90 Å². The zero-order valence-corrected chi connectivity index (χ0v) is 16.5. The summed E-state index contributed by atoms with van der Waals surface area (Å²) in [6, 6.07) is 8.68. The van der Waals surface area contributed by atoms with Crippen molar-refractivity contribution in [2.24, 2.45) is 5.18 Å². The Balaban J connectivity index is 1.87. The maximum absolute atomic E-state index is 13.1. The van der Waals surface area contributed by atoms with Gasteiger partial charge in [-0.25, -0.2) is 9.78 Å². The summed E-state index contributed by atoms with van der Waals surface area (Å²) in [6.45, 7) is 1.68. The predicted octanol–water partition coefficient (Wildman–Crippen LogP) is 4.30. The van der Waals surface area contributed by atoms with Gasteiger partial charge < -0.3 is 9.52 Å². The molecule has 0 fully saturated rings. The number of hydrogen-bond donors (Lipinski definition) is 1. The van der Waals surface area contributed by atoms with Gasteiger partial charge in [0, 0.05) is 10.6 Å². The highest BCUT2D eigenvalue weighted by atomic mass is 35.5. The third-order valence-electron chi connectivity index (χ3n) is 4.43. The lowest BCUT2D eigenvalue weighted by molar-refractivity contribution is -0.356. The third kappa shape index (κ3) is 3.24. The Morgan fingerprint density at radius 1 is 1.28 bits per heavy atom. The average molecular weight is 431 g/mol. The van der Waals surface area contributed by atoms with Crippen molar-refractivity contribution in [1.29, 1.82) is 0 Å². The number of aryl methyl sites for hydroxylation is 1. The van der Waals surface area contributed by atoms with E-state index in [0.717, 1.165) is 11.3 Å². The van der Waals surface area contributed by atoms with Gasteiger partial charge in [0.2, 0.25) is 16.5 Å². The van der Waals surface area contributed by atoms with Crippen LogP contribution in [0.4, 0.5) is 10.1 Å². The van der Waals surface area contributed by atoms with Crippen LogP contribution in [0.3, 0.4) is 0 Å². The van der Waals surface area contributed by atoms with Crippen molar-refractivity contribution in [1.82, 2.24) is 0 Å². The van der Waals surface area contributed by atoms with Gasteiger partial charge in [-0.05, 0) is 47.7 Å². The van der Waals surface area contributed by atoms with Crippen LogP contribution in [0.25, 0.3) is 0 Å². The van der Waals surface area contributed by atoms with Crippen LogP contribution in [0.5, 0.6) is 0 Å². The fraction of sp³-hybridized carbons (Fsp3) is 0.105. The molecule has 0 saturated heterocycles. The van der Waals surface area contributed by atoms with Crippen molar-refractivity contribution in [2.75, 3.05) is 4.90 Å².